The molecule has 0 saturated carbocycles. The third-order valence-electron chi connectivity index (χ3n) is 6.88. The van der Waals surface area contributed by atoms with Crippen molar-refractivity contribution in [1.82, 2.24) is 4.57 Å². The van der Waals surface area contributed by atoms with Gasteiger partial charge in [0.25, 0.3) is 0 Å². The molecule has 0 spiro atoms. The van der Waals surface area contributed by atoms with Gasteiger partial charge in [-0.2, -0.15) is 0 Å². The Kier molecular flexibility index (Phi) is 11.0. The number of aryl methyl sites for hydroxylation is 1. The Hall–Kier alpha value is -4.56. The molecule has 2 N–H and O–H groups in total. The summed E-state index contributed by atoms with van der Waals surface area (Å²) in [5.41, 5.74) is 3.89. The van der Waals surface area contributed by atoms with Crippen molar-refractivity contribution in [3.8, 4) is 11.5 Å². The lowest BCUT2D eigenvalue weighted by Gasteiger charge is -2.12. The number of hydrogen-bond donors (Lipinski definition) is 2. The number of carboxylic acid groups (broad SMARTS) is 2. The van der Waals surface area contributed by atoms with E-state index in [-0.39, 0.29) is 18.6 Å². The highest BCUT2D eigenvalue weighted by atomic mass is 35.5. The second-order valence-corrected chi connectivity index (χ2v) is 10.5. The Bertz CT molecular complexity index is 1620. The number of ether oxygens (including phenoxy) is 2. The van der Waals surface area contributed by atoms with Crippen molar-refractivity contribution < 1.29 is 34.1 Å². The van der Waals surface area contributed by atoms with E-state index in [9.17, 15) is 19.5 Å². The molecule has 9 heteroatoms. The Morgan fingerprint density at radius 2 is 1.58 bits per heavy atom. The number of nitrogens with zero attached hydrogens (tertiary/aromatic N) is 1. The number of ketones is 1. The molecule has 0 aliphatic rings. The predicted octanol–water partition coefficient (Wildman–Crippen LogP) is 7.40. The number of rotatable bonds is 16. The number of Topliss-reactive ketones (excluding diaryl/α,β-unsaturated/α-hetero) is 1. The molecule has 224 valence electrons. The van der Waals surface area contributed by atoms with E-state index in [0.29, 0.717) is 48.1 Å². The van der Waals surface area contributed by atoms with E-state index in [4.69, 9.17) is 26.2 Å². The third kappa shape index (κ3) is 8.72. The largest absolute Gasteiger partial charge is 0.494 e. The van der Waals surface area contributed by atoms with E-state index < -0.39 is 11.9 Å². The van der Waals surface area contributed by atoms with Gasteiger partial charge in [0.05, 0.1) is 30.2 Å². The summed E-state index contributed by atoms with van der Waals surface area (Å²) in [4.78, 5) is 34.3. The van der Waals surface area contributed by atoms with Crippen molar-refractivity contribution in [1.29, 1.82) is 0 Å². The van der Waals surface area contributed by atoms with Crippen LogP contribution in [0.1, 0.15) is 59.7 Å². The fraction of sp³-hybridized carbons (Fsp3) is 0.265. The van der Waals surface area contributed by atoms with Crippen LogP contribution in [0.4, 0.5) is 0 Å². The van der Waals surface area contributed by atoms with Crippen molar-refractivity contribution in [2.24, 2.45) is 0 Å². The number of fused-ring (bicyclic) bond motifs is 1. The van der Waals surface area contributed by atoms with Crippen LogP contribution in [0.5, 0.6) is 11.5 Å². The van der Waals surface area contributed by atoms with Gasteiger partial charge in [-0.15, -0.1) is 0 Å². The molecule has 4 rings (SSSR count). The van der Waals surface area contributed by atoms with E-state index in [2.05, 4.69) is 0 Å². The molecule has 0 saturated heterocycles. The summed E-state index contributed by atoms with van der Waals surface area (Å²) in [6.45, 7) is 2.91. The number of para-hydroxylation sites is 1. The fourth-order valence-corrected chi connectivity index (χ4v) is 5.08. The van der Waals surface area contributed by atoms with Gasteiger partial charge in [-0.05, 0) is 73.2 Å². The molecule has 1 heterocycles. The lowest BCUT2D eigenvalue weighted by atomic mass is 10.0. The monoisotopic (exact) mass is 603 g/mol. The van der Waals surface area contributed by atoms with Gasteiger partial charge in [-0.1, -0.05) is 54.1 Å². The van der Waals surface area contributed by atoms with Crippen LogP contribution in [0, 0.1) is 0 Å². The van der Waals surface area contributed by atoms with Crippen molar-refractivity contribution in [2.45, 2.75) is 45.6 Å². The Morgan fingerprint density at radius 1 is 0.860 bits per heavy atom. The van der Waals surface area contributed by atoms with Gasteiger partial charge in [-0.25, -0.2) is 0 Å². The highest BCUT2D eigenvalue weighted by molar-refractivity contribution is 6.32. The summed E-state index contributed by atoms with van der Waals surface area (Å²) < 4.78 is 13.6. The maximum Gasteiger partial charge on any atom is 0.307 e. The van der Waals surface area contributed by atoms with Crippen LogP contribution in [0.25, 0.3) is 23.1 Å². The molecule has 0 amide bonds. The van der Waals surface area contributed by atoms with Gasteiger partial charge in [0, 0.05) is 30.1 Å². The zero-order valence-corrected chi connectivity index (χ0v) is 24.7. The van der Waals surface area contributed by atoms with Crippen LogP contribution >= 0.6 is 11.6 Å². The first kappa shape index (κ1) is 31.4. The Morgan fingerprint density at radius 3 is 2.28 bits per heavy atom. The van der Waals surface area contributed by atoms with Gasteiger partial charge >= 0.3 is 11.9 Å². The normalized spacial score (nSPS) is 11.2. The van der Waals surface area contributed by atoms with E-state index in [1.807, 2.05) is 65.4 Å². The van der Waals surface area contributed by atoms with Crippen LogP contribution in [0.3, 0.4) is 0 Å². The van der Waals surface area contributed by atoms with E-state index in [1.165, 1.54) is 6.92 Å². The zero-order chi connectivity index (χ0) is 30.8. The summed E-state index contributed by atoms with van der Waals surface area (Å²) >= 11 is 6.19. The number of carbonyl (C=O) groups is 3. The number of hydrogen-bond acceptors (Lipinski definition) is 5. The Balaban J connectivity index is 1.33. The third-order valence-corrected chi connectivity index (χ3v) is 7.18. The summed E-state index contributed by atoms with van der Waals surface area (Å²) in [7, 11) is 0. The number of aliphatic carboxylic acids is 2. The average molecular weight is 604 g/mol. The average Bonchev–Trinajstić information content (AvgIpc) is 3.31. The minimum Gasteiger partial charge on any atom is -0.494 e. The second kappa shape index (κ2) is 15.1. The van der Waals surface area contributed by atoms with Crippen molar-refractivity contribution in [3.05, 3.63) is 94.1 Å². The van der Waals surface area contributed by atoms with Crippen LogP contribution in [-0.2, 0) is 22.6 Å². The molecule has 0 atom stereocenters. The first-order chi connectivity index (χ1) is 20.7. The van der Waals surface area contributed by atoms with Crippen LogP contribution < -0.4 is 9.47 Å². The first-order valence-corrected chi connectivity index (χ1v) is 14.5. The van der Waals surface area contributed by atoms with E-state index in [0.717, 1.165) is 40.6 Å². The number of aromatic nitrogens is 1. The van der Waals surface area contributed by atoms with Crippen LogP contribution in [0.2, 0.25) is 5.02 Å². The maximum absolute atomic E-state index is 11.8. The lowest BCUT2D eigenvalue weighted by molar-refractivity contribution is -0.137. The summed E-state index contributed by atoms with van der Waals surface area (Å²) in [6.07, 6.45) is 7.63. The smallest absolute Gasteiger partial charge is 0.307 e. The fourth-order valence-electron chi connectivity index (χ4n) is 4.85. The van der Waals surface area contributed by atoms with Gasteiger partial charge in [0.15, 0.2) is 5.78 Å². The molecule has 8 nitrogen and oxygen atoms in total. The van der Waals surface area contributed by atoms with E-state index in [1.54, 1.807) is 18.2 Å². The molecule has 0 radical (unpaired) electrons. The highest BCUT2D eigenvalue weighted by Gasteiger charge is 2.15. The number of carbonyl (C=O) groups excluding carboxylic acids is 1. The molecule has 3 aromatic carbocycles. The molecule has 0 bridgehead atoms. The van der Waals surface area contributed by atoms with Crippen LogP contribution in [0.15, 0.2) is 66.9 Å². The van der Waals surface area contributed by atoms with Gasteiger partial charge in [0.1, 0.15) is 11.5 Å². The SMILES string of the molecule is CC(=O)c1cccc(Cl)c1OCCCCOc1ccc(/C=C/c2cccc3c2c(CC(=O)O)cn3CCCC(=O)O)cc1. The molecule has 0 aliphatic carbocycles. The first-order valence-electron chi connectivity index (χ1n) is 14.1. The zero-order valence-electron chi connectivity index (χ0n) is 23.9. The Labute approximate surface area is 255 Å². The van der Waals surface area contributed by atoms with Gasteiger partial charge in [-0.3, -0.25) is 14.4 Å². The lowest BCUT2D eigenvalue weighted by Crippen LogP contribution is -2.05. The molecular weight excluding hydrogens is 570 g/mol. The molecule has 0 aliphatic heterocycles. The number of carboxylic acids is 2. The summed E-state index contributed by atoms with van der Waals surface area (Å²) in [6, 6.07) is 18.6. The standard InChI is InChI=1S/C34H34ClNO7/c1-23(37)28-8-5-9-29(35)34(28)43-20-3-2-19-42-27-16-13-24(14-17-27)12-15-25-7-4-10-30-33(25)26(21-32(40)41)22-36(30)18-6-11-31(38)39/h4-5,7-10,12-17,22H,2-3,6,11,18-21H2,1H3,(H,38,39)(H,40,41)/b15-12+. The quantitative estimate of drug-likeness (QED) is 0.0779. The molecule has 43 heavy (non-hydrogen) atoms. The van der Waals surface area contributed by atoms with Crippen molar-refractivity contribution in [2.75, 3.05) is 13.2 Å². The second-order valence-electron chi connectivity index (χ2n) is 10.1. The number of benzene rings is 3. The summed E-state index contributed by atoms with van der Waals surface area (Å²) in [5, 5.41) is 19.7. The van der Waals surface area contributed by atoms with Crippen LogP contribution in [-0.4, -0.2) is 45.7 Å². The number of halogens is 1. The molecule has 0 unspecified atom stereocenters. The minimum atomic E-state index is -0.922. The number of unbranched alkanes of at least 4 members (excludes halogenated alkanes) is 1. The van der Waals surface area contributed by atoms with Gasteiger partial charge < -0.3 is 24.3 Å². The minimum absolute atomic E-state index is 0.0498. The molecule has 1 aromatic heterocycles. The van der Waals surface area contributed by atoms with Crippen molar-refractivity contribution in [3.63, 3.8) is 0 Å². The molecule has 4 aromatic rings. The summed E-state index contributed by atoms with van der Waals surface area (Å²) in [5.74, 6) is -0.708. The van der Waals surface area contributed by atoms with Gasteiger partial charge in [0.2, 0.25) is 0 Å². The maximum atomic E-state index is 11.8. The predicted molar refractivity (Wildman–Crippen MR) is 167 cm³/mol. The van der Waals surface area contributed by atoms with Crippen molar-refractivity contribution >= 4 is 52.4 Å². The molecule has 0 fully saturated rings. The molecular formula is C34H34ClNO7. The highest BCUT2D eigenvalue weighted by Crippen LogP contribution is 2.30. The topological polar surface area (TPSA) is 115 Å². The van der Waals surface area contributed by atoms with E-state index >= 15 is 0 Å².